The van der Waals surface area contributed by atoms with Crippen LogP contribution < -0.4 is 9.13 Å². The Kier molecular flexibility index (Phi) is 13.6. The van der Waals surface area contributed by atoms with Gasteiger partial charge in [0.05, 0.1) is 25.5 Å². The molecular formula is C26H46N4+2. The fourth-order valence-corrected chi connectivity index (χ4v) is 3.66. The minimum atomic E-state index is 1.13. The molecule has 2 heterocycles. The van der Waals surface area contributed by atoms with Crippen molar-refractivity contribution in [1.29, 1.82) is 0 Å². The van der Waals surface area contributed by atoms with Gasteiger partial charge in [-0.05, 0) is 25.7 Å². The van der Waals surface area contributed by atoms with Crippen molar-refractivity contribution in [1.82, 2.24) is 9.13 Å². The van der Waals surface area contributed by atoms with Crippen LogP contribution in [0.2, 0.25) is 0 Å². The van der Waals surface area contributed by atoms with Gasteiger partial charge in [0.15, 0.2) is 0 Å². The zero-order valence-corrected chi connectivity index (χ0v) is 20.2. The van der Waals surface area contributed by atoms with E-state index in [1.807, 2.05) is 12.4 Å². The zero-order valence-electron chi connectivity index (χ0n) is 20.2. The topological polar surface area (TPSA) is 17.6 Å². The van der Waals surface area contributed by atoms with Crippen LogP contribution >= 0.6 is 0 Å². The minimum absolute atomic E-state index is 1.13. The van der Waals surface area contributed by atoms with E-state index in [0.717, 1.165) is 13.1 Å². The average molecular weight is 415 g/mol. The van der Waals surface area contributed by atoms with E-state index in [0.29, 0.717) is 0 Å². The summed E-state index contributed by atoms with van der Waals surface area (Å²) in [6.45, 7) is 18.6. The lowest BCUT2D eigenvalue weighted by atomic mass is 10.1. The van der Waals surface area contributed by atoms with Crippen molar-refractivity contribution in [2.24, 2.45) is 0 Å². The quantitative estimate of drug-likeness (QED) is 0.255. The van der Waals surface area contributed by atoms with E-state index >= 15 is 0 Å². The monoisotopic (exact) mass is 414 g/mol. The minimum Gasteiger partial charge on any atom is -0.234 e. The summed E-state index contributed by atoms with van der Waals surface area (Å²) >= 11 is 0. The van der Waals surface area contributed by atoms with E-state index in [1.165, 1.54) is 75.9 Å². The molecule has 2 aromatic heterocycles. The lowest BCUT2D eigenvalue weighted by Crippen LogP contribution is -2.35. The number of aryl methyl sites for hydroxylation is 2. The van der Waals surface area contributed by atoms with Gasteiger partial charge in [-0.2, -0.15) is 0 Å². The molecule has 4 heteroatoms. The molecule has 0 N–H and O–H groups in total. The van der Waals surface area contributed by atoms with Crippen molar-refractivity contribution >= 4 is 12.4 Å². The molecule has 0 aliphatic heterocycles. The third-order valence-electron chi connectivity index (χ3n) is 5.79. The van der Waals surface area contributed by atoms with Gasteiger partial charge in [0.1, 0.15) is 24.8 Å². The Morgan fingerprint density at radius 1 is 0.667 bits per heavy atom. The van der Waals surface area contributed by atoms with E-state index in [4.69, 9.17) is 0 Å². The third-order valence-corrected chi connectivity index (χ3v) is 5.79. The highest BCUT2D eigenvalue weighted by molar-refractivity contribution is 5.17. The SMILES string of the molecule is C=Cn1cc[n+](CCCCCC)c1C.C=Cn1cc[n+](CCCCCCCC)c1C. The Balaban J connectivity index is 0.000000303. The molecule has 0 saturated heterocycles. The van der Waals surface area contributed by atoms with Gasteiger partial charge >= 0.3 is 0 Å². The summed E-state index contributed by atoms with van der Waals surface area (Å²) in [5.41, 5.74) is 0. The Bertz CT molecular complexity index is 723. The molecule has 0 saturated carbocycles. The summed E-state index contributed by atoms with van der Waals surface area (Å²) < 4.78 is 8.72. The number of aromatic nitrogens is 4. The second kappa shape index (κ2) is 15.7. The highest BCUT2D eigenvalue weighted by Crippen LogP contribution is 2.05. The molecule has 0 fully saturated rings. The van der Waals surface area contributed by atoms with Crippen molar-refractivity contribution < 1.29 is 9.13 Å². The fraction of sp³-hybridized carbons (Fsp3) is 0.615. The maximum atomic E-state index is 3.78. The van der Waals surface area contributed by atoms with Crippen LogP contribution in [0, 0.1) is 13.8 Å². The third kappa shape index (κ3) is 9.15. The van der Waals surface area contributed by atoms with Crippen molar-refractivity contribution in [2.45, 2.75) is 105 Å². The first-order chi connectivity index (χ1) is 14.6. The fourth-order valence-electron chi connectivity index (χ4n) is 3.66. The van der Waals surface area contributed by atoms with E-state index < -0.39 is 0 Å². The Hall–Kier alpha value is -2.10. The number of nitrogens with zero attached hydrogens (tertiary/aromatic N) is 4. The van der Waals surface area contributed by atoms with Crippen LogP contribution in [0.15, 0.2) is 37.9 Å². The summed E-state index contributed by atoms with van der Waals surface area (Å²) in [5.74, 6) is 2.53. The summed E-state index contributed by atoms with van der Waals surface area (Å²) in [6.07, 6.45) is 25.5. The van der Waals surface area contributed by atoms with Gasteiger partial charge in [0.25, 0.3) is 11.6 Å². The lowest BCUT2D eigenvalue weighted by molar-refractivity contribution is -0.702. The van der Waals surface area contributed by atoms with E-state index in [1.54, 1.807) is 0 Å². The maximum Gasteiger partial charge on any atom is 0.257 e. The first-order valence-corrected chi connectivity index (χ1v) is 12.0. The predicted molar refractivity (Wildman–Crippen MR) is 129 cm³/mol. The van der Waals surface area contributed by atoms with Crippen LogP contribution in [-0.2, 0) is 13.1 Å². The molecule has 168 valence electrons. The molecular weight excluding hydrogens is 368 g/mol. The van der Waals surface area contributed by atoms with Gasteiger partial charge in [-0.3, -0.25) is 0 Å². The van der Waals surface area contributed by atoms with Crippen molar-refractivity contribution in [3.05, 3.63) is 49.6 Å². The highest BCUT2D eigenvalue weighted by Gasteiger charge is 2.09. The van der Waals surface area contributed by atoms with Crippen LogP contribution in [0.5, 0.6) is 0 Å². The summed E-state index contributed by atoms with van der Waals surface area (Å²) in [5, 5.41) is 0. The standard InChI is InChI=1S/C14H25N2.C12H21N2/c1-4-6-7-8-9-10-11-16-13-12-15(5-2)14(16)3;1-4-6-7-8-9-14-11-10-13(5-2)12(14)3/h5,12-13H,2,4,6-11H2,1,3H3;5,10-11H,2,4,6-9H2,1,3H3/q2*+1. The van der Waals surface area contributed by atoms with E-state index in [-0.39, 0.29) is 0 Å². The number of rotatable bonds is 14. The Morgan fingerprint density at radius 3 is 1.40 bits per heavy atom. The molecule has 0 aliphatic rings. The lowest BCUT2D eigenvalue weighted by Gasteiger charge is -2.00. The van der Waals surface area contributed by atoms with Crippen molar-refractivity contribution in [3.8, 4) is 0 Å². The molecule has 0 unspecified atom stereocenters. The first kappa shape index (κ1) is 25.9. The molecule has 2 rings (SSSR count). The normalized spacial score (nSPS) is 10.5. The Labute approximate surface area is 185 Å². The predicted octanol–water partition coefficient (Wildman–Crippen LogP) is 6.31. The molecule has 0 aromatic carbocycles. The van der Waals surface area contributed by atoms with Gasteiger partial charge < -0.3 is 0 Å². The largest absolute Gasteiger partial charge is 0.257 e. The highest BCUT2D eigenvalue weighted by atomic mass is 15.1. The summed E-state index contributed by atoms with van der Waals surface area (Å²) in [4.78, 5) is 0. The molecule has 0 aliphatic carbocycles. The molecule has 0 bridgehead atoms. The molecule has 2 aromatic rings. The van der Waals surface area contributed by atoms with Gasteiger partial charge in [-0.1, -0.05) is 65.5 Å². The maximum absolute atomic E-state index is 3.78. The second-order valence-electron chi connectivity index (χ2n) is 8.09. The van der Waals surface area contributed by atoms with Crippen LogP contribution in [-0.4, -0.2) is 9.13 Å². The molecule has 0 spiro atoms. The summed E-state index contributed by atoms with van der Waals surface area (Å²) in [7, 11) is 0. The van der Waals surface area contributed by atoms with Gasteiger partial charge in [-0.25, -0.2) is 18.3 Å². The van der Waals surface area contributed by atoms with Crippen LogP contribution in [0.4, 0.5) is 0 Å². The van der Waals surface area contributed by atoms with Crippen LogP contribution in [0.3, 0.4) is 0 Å². The number of unbranched alkanes of at least 4 members (excludes halogenated alkanes) is 8. The zero-order chi connectivity index (χ0) is 22.2. The van der Waals surface area contributed by atoms with Gasteiger partial charge in [0, 0.05) is 13.8 Å². The van der Waals surface area contributed by atoms with E-state index in [9.17, 15) is 0 Å². The molecule has 4 nitrogen and oxygen atoms in total. The number of hydrogen-bond donors (Lipinski definition) is 0. The molecule has 0 radical (unpaired) electrons. The molecule has 0 amide bonds. The van der Waals surface area contributed by atoms with Gasteiger partial charge in [-0.15, -0.1) is 0 Å². The smallest absolute Gasteiger partial charge is 0.234 e. The molecule has 0 atom stereocenters. The average Bonchev–Trinajstić information content (AvgIpc) is 3.30. The van der Waals surface area contributed by atoms with Crippen molar-refractivity contribution in [2.75, 3.05) is 0 Å². The first-order valence-electron chi connectivity index (χ1n) is 12.0. The second-order valence-corrected chi connectivity index (χ2v) is 8.09. The Morgan fingerprint density at radius 2 is 1.03 bits per heavy atom. The summed E-state index contributed by atoms with van der Waals surface area (Å²) in [6, 6.07) is 0. The van der Waals surface area contributed by atoms with Crippen molar-refractivity contribution in [3.63, 3.8) is 0 Å². The number of hydrogen-bond acceptors (Lipinski definition) is 0. The van der Waals surface area contributed by atoms with Gasteiger partial charge in [0.2, 0.25) is 0 Å². The number of imidazole rings is 2. The molecule has 30 heavy (non-hydrogen) atoms. The van der Waals surface area contributed by atoms with Crippen LogP contribution in [0.25, 0.3) is 12.4 Å². The van der Waals surface area contributed by atoms with Crippen LogP contribution in [0.1, 0.15) is 89.7 Å². The van der Waals surface area contributed by atoms with E-state index in [2.05, 4.69) is 83.9 Å².